The van der Waals surface area contributed by atoms with Gasteiger partial charge in [-0.25, -0.2) is 0 Å². The fourth-order valence-electron chi connectivity index (χ4n) is 5.45. The maximum absolute atomic E-state index is 2.60. The van der Waals surface area contributed by atoms with Crippen LogP contribution in [-0.4, -0.2) is 43.0 Å². The molecule has 3 heteroatoms. The quantitative estimate of drug-likeness (QED) is 0.353. The second kappa shape index (κ2) is 10.2. The molecule has 0 radical (unpaired) electrons. The predicted molar refractivity (Wildman–Crippen MR) is 159 cm³/mol. The van der Waals surface area contributed by atoms with E-state index in [0.29, 0.717) is 22.6 Å². The number of nitrogens with zero attached hydrogens (tertiary/aromatic N) is 1. The first-order valence-corrected chi connectivity index (χ1v) is 18.0. The Hall–Kier alpha value is -0.900. The van der Waals surface area contributed by atoms with Gasteiger partial charge in [-0.3, -0.25) is 0 Å². The van der Waals surface area contributed by atoms with Gasteiger partial charge < -0.3 is 0 Å². The average molecular weight is 476 g/mol. The van der Waals surface area contributed by atoms with Crippen molar-refractivity contribution in [2.75, 3.05) is 25.3 Å². The van der Waals surface area contributed by atoms with Gasteiger partial charge in [0.1, 0.15) is 0 Å². The van der Waals surface area contributed by atoms with Gasteiger partial charge in [0.05, 0.1) is 0 Å². The molecule has 32 heavy (non-hydrogen) atoms. The average Bonchev–Trinajstić information content (AvgIpc) is 2.71. The molecule has 0 saturated carbocycles. The van der Waals surface area contributed by atoms with E-state index in [1.54, 1.807) is 10.6 Å². The Bertz CT molecular complexity index is 835. The number of hydrogen-bond donors (Lipinski definition) is 0. The van der Waals surface area contributed by atoms with Crippen molar-refractivity contribution in [1.82, 2.24) is 0 Å². The van der Waals surface area contributed by atoms with E-state index in [-0.39, 0.29) is 0 Å². The Morgan fingerprint density at radius 3 is 1.09 bits per heavy atom. The molecule has 0 heterocycles. The molecule has 0 aliphatic heterocycles. The van der Waals surface area contributed by atoms with Gasteiger partial charge in [0.15, 0.2) is 0 Å². The van der Waals surface area contributed by atoms with E-state index in [0.717, 1.165) is 0 Å². The van der Waals surface area contributed by atoms with Crippen molar-refractivity contribution < 1.29 is 0 Å². The zero-order valence-electron chi connectivity index (χ0n) is 23.2. The van der Waals surface area contributed by atoms with E-state index in [1.165, 1.54) is 22.5 Å². The Kier molecular flexibility index (Phi) is 8.68. The molecule has 0 fully saturated rings. The molecular weight excluding hydrogens is 424 g/mol. The fourth-order valence-corrected chi connectivity index (χ4v) is 13.3. The van der Waals surface area contributed by atoms with Gasteiger partial charge in [0.2, 0.25) is 0 Å². The molecule has 0 aromatic heterocycles. The molecule has 182 valence electrons. The summed E-state index contributed by atoms with van der Waals surface area (Å²) in [6.45, 7) is 29.2. The molecule has 0 atom stereocenters. The second-order valence-corrected chi connectivity index (χ2v) is 22.6. The maximum atomic E-state index is 2.60. The third-order valence-corrected chi connectivity index (χ3v) is 21.7. The molecule has 0 N–H and O–H groups in total. The van der Waals surface area contributed by atoms with Crippen molar-refractivity contribution in [3.8, 4) is 0 Å². The molecular formula is C29H51NP2. The van der Waals surface area contributed by atoms with Crippen molar-refractivity contribution in [3.05, 3.63) is 47.5 Å². The van der Waals surface area contributed by atoms with Crippen LogP contribution in [0.15, 0.2) is 36.4 Å². The number of anilines is 2. The van der Waals surface area contributed by atoms with E-state index in [9.17, 15) is 0 Å². The summed E-state index contributed by atoms with van der Waals surface area (Å²) in [6.07, 6.45) is 0. The fraction of sp³-hybridized carbons (Fsp3) is 0.586. The van der Waals surface area contributed by atoms with Gasteiger partial charge >= 0.3 is 201 Å². The Morgan fingerprint density at radius 1 is 0.562 bits per heavy atom. The zero-order chi connectivity index (χ0) is 24.6. The Labute approximate surface area is 201 Å². The molecule has 0 saturated heterocycles. The van der Waals surface area contributed by atoms with Gasteiger partial charge in [0.25, 0.3) is 0 Å². The van der Waals surface area contributed by atoms with Crippen LogP contribution in [-0.2, 0) is 0 Å². The summed E-state index contributed by atoms with van der Waals surface area (Å²) in [5.74, 6) is 0. The summed E-state index contributed by atoms with van der Waals surface area (Å²) in [6, 6.07) is 14.4. The number of aryl methyl sites for hydroxylation is 2. The number of benzene rings is 2. The Morgan fingerprint density at radius 2 is 0.844 bits per heavy atom. The molecule has 2 aromatic carbocycles. The summed E-state index contributed by atoms with van der Waals surface area (Å²) < 4.78 is 0. The van der Waals surface area contributed by atoms with Crippen molar-refractivity contribution in [3.63, 3.8) is 0 Å². The van der Waals surface area contributed by atoms with Crippen LogP contribution < -0.4 is 15.5 Å². The molecule has 0 aliphatic rings. The summed E-state index contributed by atoms with van der Waals surface area (Å²) in [5, 5.41) is 3.24. The number of rotatable bonds is 8. The summed E-state index contributed by atoms with van der Waals surface area (Å²) in [7, 11) is -1.09. The van der Waals surface area contributed by atoms with Gasteiger partial charge in [-0.1, -0.05) is 0 Å². The van der Waals surface area contributed by atoms with Gasteiger partial charge in [-0.2, -0.15) is 0 Å². The van der Waals surface area contributed by atoms with Crippen molar-refractivity contribution in [2.45, 2.75) is 91.9 Å². The Balaban J connectivity index is 2.83. The minimum atomic E-state index is -1.70. The van der Waals surface area contributed by atoms with E-state index < -0.39 is 14.5 Å². The summed E-state index contributed by atoms with van der Waals surface area (Å²) in [5.41, 5.74) is 8.37. The van der Waals surface area contributed by atoms with Crippen molar-refractivity contribution in [2.24, 2.45) is 0 Å². The molecule has 0 bridgehead atoms. The topological polar surface area (TPSA) is 3.24 Å². The van der Waals surface area contributed by atoms with Crippen LogP contribution in [0.25, 0.3) is 0 Å². The van der Waals surface area contributed by atoms with E-state index >= 15 is 0 Å². The molecule has 2 aromatic rings. The molecule has 0 spiro atoms. The normalized spacial score (nSPS) is 14.0. The third-order valence-electron chi connectivity index (χ3n) is 8.98. The van der Waals surface area contributed by atoms with Crippen LogP contribution in [0.4, 0.5) is 11.4 Å². The first-order valence-electron chi connectivity index (χ1n) is 12.6. The van der Waals surface area contributed by atoms with Gasteiger partial charge in [-0.05, 0) is 0 Å². The first kappa shape index (κ1) is 27.3. The zero-order valence-corrected chi connectivity index (χ0v) is 25.2. The van der Waals surface area contributed by atoms with Crippen LogP contribution in [0.3, 0.4) is 0 Å². The summed E-state index contributed by atoms with van der Waals surface area (Å²) in [4.78, 5) is 2.54. The van der Waals surface area contributed by atoms with E-state index in [2.05, 4.69) is 131 Å². The molecule has 2 rings (SSSR count). The standard InChI is InChI=1S/C29H51NP2/c1-20(2)31(12,21(3)4)28-18-24(9)14-16-26(28)30(11)27-17-15-25(10)19-29(27)32(13,22(5)6)23(7)8/h14-23,31-32H,1-13H3. The molecule has 1 nitrogen and oxygen atoms in total. The molecule has 0 unspecified atom stereocenters. The van der Waals surface area contributed by atoms with Crippen LogP contribution >= 0.6 is 14.5 Å². The molecule has 0 aliphatic carbocycles. The van der Waals surface area contributed by atoms with Gasteiger partial charge in [-0.15, -0.1) is 0 Å². The summed E-state index contributed by atoms with van der Waals surface area (Å²) >= 11 is 0. The van der Waals surface area contributed by atoms with E-state index in [1.807, 2.05) is 0 Å². The second-order valence-electron chi connectivity index (χ2n) is 11.8. The SMILES string of the molecule is Cc1ccc(N(C)c2ccc(C)cc2[PH](C)(C(C)C)C(C)C)c([PH](C)(C(C)C)C(C)C)c1. The van der Waals surface area contributed by atoms with Crippen molar-refractivity contribution in [1.29, 1.82) is 0 Å². The third kappa shape index (κ3) is 4.81. The van der Waals surface area contributed by atoms with Gasteiger partial charge in [0, 0.05) is 0 Å². The first-order chi connectivity index (χ1) is 14.7. The van der Waals surface area contributed by atoms with Crippen LogP contribution in [0.5, 0.6) is 0 Å². The van der Waals surface area contributed by atoms with Crippen LogP contribution in [0, 0.1) is 13.8 Å². The van der Waals surface area contributed by atoms with Crippen molar-refractivity contribution >= 4 is 36.5 Å². The molecule has 0 amide bonds. The van der Waals surface area contributed by atoms with Crippen LogP contribution in [0.2, 0.25) is 0 Å². The minimum absolute atomic E-state index is 0.694. The monoisotopic (exact) mass is 475 g/mol. The van der Waals surface area contributed by atoms with E-state index in [4.69, 9.17) is 0 Å². The van der Waals surface area contributed by atoms with Crippen LogP contribution in [0.1, 0.15) is 66.5 Å². The number of hydrogen-bond acceptors (Lipinski definition) is 1. The predicted octanol–water partition coefficient (Wildman–Crippen LogP) is 7.71.